The summed E-state index contributed by atoms with van der Waals surface area (Å²) in [5.41, 5.74) is 0. The number of nitrogens with zero attached hydrogens (tertiary/aromatic N) is 2. The van der Waals surface area contributed by atoms with Crippen LogP contribution < -0.4 is 4.90 Å². The number of anilines is 1. The van der Waals surface area contributed by atoms with Gasteiger partial charge in [-0.3, -0.25) is 0 Å². The first-order chi connectivity index (χ1) is 7.31. The molecule has 15 heavy (non-hydrogen) atoms. The van der Waals surface area contributed by atoms with E-state index in [0.29, 0.717) is 25.1 Å². The van der Waals surface area contributed by atoms with Crippen LogP contribution >= 0.6 is 0 Å². The lowest BCUT2D eigenvalue weighted by molar-refractivity contribution is 0.0925. The summed E-state index contributed by atoms with van der Waals surface area (Å²) in [6.45, 7) is 4.28. The first kappa shape index (κ1) is 10.4. The van der Waals surface area contributed by atoms with Crippen LogP contribution in [0.15, 0.2) is 18.2 Å². The molecule has 0 spiro atoms. The molecule has 2 heterocycles. The van der Waals surface area contributed by atoms with Crippen molar-refractivity contribution < 1.29 is 9.13 Å². The largest absolute Gasteiger partial charge is 0.377 e. The maximum Gasteiger partial charge on any atom is 0.214 e. The summed E-state index contributed by atoms with van der Waals surface area (Å²) in [6.07, 6.45) is 0.984. The second-order valence-electron chi connectivity index (χ2n) is 3.65. The first-order valence-corrected chi connectivity index (χ1v) is 5.28. The zero-order valence-electron chi connectivity index (χ0n) is 8.82. The van der Waals surface area contributed by atoms with E-state index < -0.39 is 5.95 Å². The summed E-state index contributed by atoms with van der Waals surface area (Å²) < 4.78 is 18.4. The summed E-state index contributed by atoms with van der Waals surface area (Å²) in [5, 5.41) is 0. The van der Waals surface area contributed by atoms with Gasteiger partial charge in [0.15, 0.2) is 0 Å². The van der Waals surface area contributed by atoms with Crippen molar-refractivity contribution in [3.63, 3.8) is 0 Å². The second-order valence-corrected chi connectivity index (χ2v) is 3.65. The van der Waals surface area contributed by atoms with Gasteiger partial charge in [0.05, 0.1) is 19.3 Å². The van der Waals surface area contributed by atoms with Crippen molar-refractivity contribution >= 4 is 5.82 Å². The third kappa shape index (κ3) is 2.26. The summed E-state index contributed by atoms with van der Waals surface area (Å²) >= 11 is 0. The third-order valence-electron chi connectivity index (χ3n) is 2.69. The van der Waals surface area contributed by atoms with Crippen LogP contribution in [0.3, 0.4) is 0 Å². The number of morpholine rings is 1. The van der Waals surface area contributed by atoms with Crippen LogP contribution in [0.5, 0.6) is 0 Å². The van der Waals surface area contributed by atoms with Gasteiger partial charge in [-0.2, -0.15) is 4.39 Å². The molecule has 1 saturated heterocycles. The molecule has 82 valence electrons. The molecule has 1 unspecified atom stereocenters. The van der Waals surface area contributed by atoms with Crippen molar-refractivity contribution in [2.45, 2.75) is 19.4 Å². The fraction of sp³-hybridized carbons (Fsp3) is 0.545. The van der Waals surface area contributed by atoms with E-state index in [2.05, 4.69) is 16.8 Å². The van der Waals surface area contributed by atoms with Gasteiger partial charge < -0.3 is 9.64 Å². The number of ether oxygens (including phenoxy) is 1. The molecule has 1 aromatic rings. The molecule has 2 rings (SSSR count). The molecule has 0 aromatic carbocycles. The van der Waals surface area contributed by atoms with Crippen LogP contribution in [0.4, 0.5) is 10.2 Å². The Morgan fingerprint density at radius 3 is 3.20 bits per heavy atom. The molecule has 0 amide bonds. The summed E-state index contributed by atoms with van der Waals surface area (Å²) in [7, 11) is 0. The summed E-state index contributed by atoms with van der Waals surface area (Å²) in [6, 6.07) is 5.22. The predicted molar refractivity (Wildman–Crippen MR) is 56.4 cm³/mol. The SMILES string of the molecule is CCC1COCCN1c1cccc(F)n1. The Hall–Kier alpha value is -1.16. The van der Waals surface area contributed by atoms with Crippen molar-refractivity contribution in [2.75, 3.05) is 24.7 Å². The molecule has 0 bridgehead atoms. The van der Waals surface area contributed by atoms with E-state index >= 15 is 0 Å². The van der Waals surface area contributed by atoms with E-state index in [1.54, 1.807) is 6.07 Å². The lowest BCUT2D eigenvalue weighted by Gasteiger charge is -2.35. The minimum Gasteiger partial charge on any atom is -0.377 e. The number of hydrogen-bond acceptors (Lipinski definition) is 3. The van der Waals surface area contributed by atoms with Crippen LogP contribution in [0.2, 0.25) is 0 Å². The van der Waals surface area contributed by atoms with Gasteiger partial charge >= 0.3 is 0 Å². The highest BCUT2D eigenvalue weighted by molar-refractivity contribution is 5.39. The van der Waals surface area contributed by atoms with E-state index in [9.17, 15) is 4.39 Å². The minimum absolute atomic E-state index is 0.313. The standard InChI is InChI=1S/C11H15FN2O/c1-2-9-8-15-7-6-14(9)11-5-3-4-10(12)13-11/h3-5,9H,2,6-8H2,1H3. The van der Waals surface area contributed by atoms with E-state index in [1.165, 1.54) is 6.07 Å². The Balaban J connectivity index is 2.20. The van der Waals surface area contributed by atoms with Gasteiger partial charge in [0.2, 0.25) is 5.95 Å². The molecule has 0 saturated carbocycles. The Labute approximate surface area is 88.9 Å². The number of halogens is 1. The number of rotatable bonds is 2. The van der Waals surface area contributed by atoms with Gasteiger partial charge in [-0.15, -0.1) is 0 Å². The summed E-state index contributed by atoms with van der Waals surface area (Å²) in [5.74, 6) is 0.291. The average molecular weight is 210 g/mol. The molecule has 3 nitrogen and oxygen atoms in total. The van der Waals surface area contributed by atoms with Gasteiger partial charge in [-0.1, -0.05) is 13.0 Å². The fourth-order valence-electron chi connectivity index (χ4n) is 1.85. The van der Waals surface area contributed by atoms with Gasteiger partial charge in [0.1, 0.15) is 5.82 Å². The van der Waals surface area contributed by atoms with Crippen molar-refractivity contribution in [1.29, 1.82) is 0 Å². The zero-order chi connectivity index (χ0) is 10.7. The van der Waals surface area contributed by atoms with E-state index in [4.69, 9.17) is 4.74 Å². The molecule has 4 heteroatoms. The molecule has 0 aliphatic carbocycles. The molecule has 1 aromatic heterocycles. The van der Waals surface area contributed by atoms with Crippen LogP contribution in [-0.2, 0) is 4.74 Å². The predicted octanol–water partition coefficient (Wildman–Crippen LogP) is 1.84. The van der Waals surface area contributed by atoms with Crippen LogP contribution in [-0.4, -0.2) is 30.8 Å². The molecule has 0 N–H and O–H groups in total. The topological polar surface area (TPSA) is 25.4 Å². The third-order valence-corrected chi connectivity index (χ3v) is 2.69. The van der Waals surface area contributed by atoms with Crippen molar-refractivity contribution in [2.24, 2.45) is 0 Å². The highest BCUT2D eigenvalue weighted by Gasteiger charge is 2.22. The Kier molecular flexibility index (Phi) is 3.16. The molecule has 1 atom stereocenters. The van der Waals surface area contributed by atoms with E-state index in [-0.39, 0.29) is 0 Å². The molecular formula is C11H15FN2O. The fourth-order valence-corrected chi connectivity index (χ4v) is 1.85. The monoisotopic (exact) mass is 210 g/mol. The van der Waals surface area contributed by atoms with Crippen LogP contribution in [0, 0.1) is 5.95 Å². The van der Waals surface area contributed by atoms with Gasteiger partial charge in [0.25, 0.3) is 0 Å². The molecule has 1 fully saturated rings. The van der Waals surface area contributed by atoms with Crippen LogP contribution in [0.1, 0.15) is 13.3 Å². The quantitative estimate of drug-likeness (QED) is 0.696. The van der Waals surface area contributed by atoms with Gasteiger partial charge in [-0.05, 0) is 18.6 Å². The molecule has 1 aliphatic heterocycles. The van der Waals surface area contributed by atoms with Gasteiger partial charge in [-0.25, -0.2) is 4.98 Å². The molecule has 0 radical (unpaired) electrons. The Morgan fingerprint density at radius 1 is 1.60 bits per heavy atom. The van der Waals surface area contributed by atoms with Crippen molar-refractivity contribution in [3.8, 4) is 0 Å². The summed E-state index contributed by atoms with van der Waals surface area (Å²) in [4.78, 5) is 6.02. The van der Waals surface area contributed by atoms with Crippen molar-refractivity contribution in [1.82, 2.24) is 4.98 Å². The maximum atomic E-state index is 13.0. The minimum atomic E-state index is -0.422. The lowest BCUT2D eigenvalue weighted by atomic mass is 10.2. The highest BCUT2D eigenvalue weighted by atomic mass is 19.1. The van der Waals surface area contributed by atoms with E-state index in [1.807, 2.05) is 6.07 Å². The number of hydrogen-bond donors (Lipinski definition) is 0. The first-order valence-electron chi connectivity index (χ1n) is 5.28. The Bertz CT molecular complexity index is 332. The molecular weight excluding hydrogens is 195 g/mol. The number of aromatic nitrogens is 1. The average Bonchev–Trinajstić information content (AvgIpc) is 2.29. The Morgan fingerprint density at radius 2 is 2.47 bits per heavy atom. The highest BCUT2D eigenvalue weighted by Crippen LogP contribution is 2.18. The van der Waals surface area contributed by atoms with Crippen molar-refractivity contribution in [3.05, 3.63) is 24.1 Å². The normalized spacial score (nSPS) is 21.7. The van der Waals surface area contributed by atoms with Gasteiger partial charge in [0, 0.05) is 6.54 Å². The second kappa shape index (κ2) is 4.57. The zero-order valence-corrected chi connectivity index (χ0v) is 8.82. The maximum absolute atomic E-state index is 13.0. The lowest BCUT2D eigenvalue weighted by Crippen LogP contribution is -2.45. The number of pyridine rings is 1. The molecule has 1 aliphatic rings. The van der Waals surface area contributed by atoms with Crippen LogP contribution in [0.25, 0.3) is 0 Å². The van der Waals surface area contributed by atoms with E-state index in [0.717, 1.165) is 13.0 Å². The smallest absolute Gasteiger partial charge is 0.214 e.